The highest BCUT2D eigenvalue weighted by molar-refractivity contribution is 6.18. The number of carbonyl (C=O) groups excluding carboxylic acids is 2. The van der Waals surface area contributed by atoms with Crippen molar-refractivity contribution in [3.8, 4) is 0 Å². The van der Waals surface area contributed by atoms with Crippen LogP contribution in [-0.2, 0) is 9.47 Å². The summed E-state index contributed by atoms with van der Waals surface area (Å²) in [4.78, 5) is 25.9. The van der Waals surface area contributed by atoms with Crippen molar-refractivity contribution >= 4 is 35.1 Å². The quantitative estimate of drug-likeness (QED) is 0.275. The number of hydrogen-bond donors (Lipinski definition) is 0. The third kappa shape index (κ3) is 5.90. The van der Waals surface area contributed by atoms with Gasteiger partial charge in [-0.3, -0.25) is 0 Å². The molecular formula is C26H24Cl2O4. The first kappa shape index (κ1) is 23.8. The lowest BCUT2D eigenvalue weighted by atomic mass is 10.1. The molecule has 0 saturated heterocycles. The highest BCUT2D eigenvalue weighted by Gasteiger charge is 2.25. The lowest BCUT2D eigenvalue weighted by Crippen LogP contribution is -2.19. The normalized spacial score (nSPS) is 12.6. The molecule has 0 radical (unpaired) electrons. The van der Waals surface area contributed by atoms with Gasteiger partial charge in [-0.15, -0.1) is 23.2 Å². The molecule has 0 amide bonds. The van der Waals surface area contributed by atoms with Crippen molar-refractivity contribution in [2.45, 2.75) is 26.1 Å². The Morgan fingerprint density at radius 3 is 1.31 bits per heavy atom. The largest absolute Gasteiger partial charge is 0.453 e. The van der Waals surface area contributed by atoms with Gasteiger partial charge in [0.15, 0.2) is 0 Å². The summed E-state index contributed by atoms with van der Waals surface area (Å²) in [6.45, 7) is 3.94. The Kier molecular flexibility index (Phi) is 8.32. The number of ether oxygens (including phenoxy) is 2. The van der Waals surface area contributed by atoms with Crippen molar-refractivity contribution in [1.82, 2.24) is 0 Å². The first-order chi connectivity index (χ1) is 15.4. The monoisotopic (exact) mass is 470 g/mol. The third-order valence-corrected chi connectivity index (χ3v) is 5.60. The second-order valence-corrected chi connectivity index (χ2v) is 8.08. The molecule has 0 aliphatic carbocycles. The zero-order chi connectivity index (χ0) is 23.1. The molecule has 3 rings (SSSR count). The fourth-order valence-electron chi connectivity index (χ4n) is 3.16. The first-order valence-electron chi connectivity index (χ1n) is 10.2. The van der Waals surface area contributed by atoms with Crippen LogP contribution in [-0.4, -0.2) is 23.7 Å². The summed E-state index contributed by atoms with van der Waals surface area (Å²) in [5, 5.41) is 0. The van der Waals surface area contributed by atoms with Crippen LogP contribution in [0.25, 0.3) is 0 Å². The summed E-state index contributed by atoms with van der Waals surface area (Å²) in [7, 11) is 0. The van der Waals surface area contributed by atoms with Gasteiger partial charge in [-0.1, -0.05) is 71.8 Å². The second-order valence-electron chi connectivity index (χ2n) is 7.46. The topological polar surface area (TPSA) is 52.6 Å². The van der Waals surface area contributed by atoms with Crippen LogP contribution in [0.2, 0.25) is 0 Å². The van der Waals surface area contributed by atoms with Crippen LogP contribution in [0.1, 0.15) is 55.2 Å². The average Bonchev–Trinajstić information content (AvgIpc) is 2.82. The standard InChI is InChI=1S/C26H24Cl2O4/c1-17-7-11-19(12-8-17)23(15-27)31-25(29)21-5-3-4-6-22(21)26(30)32-24(16-28)20-13-9-18(2)10-14-20/h3-14,23-24H,15-16H2,1-2H3. The maximum Gasteiger partial charge on any atom is 0.339 e. The van der Waals surface area contributed by atoms with Crippen LogP contribution in [0.5, 0.6) is 0 Å². The van der Waals surface area contributed by atoms with E-state index in [4.69, 9.17) is 32.7 Å². The lowest BCUT2D eigenvalue weighted by Gasteiger charge is -2.19. The predicted molar refractivity (Wildman–Crippen MR) is 127 cm³/mol. The number of halogens is 2. The van der Waals surface area contributed by atoms with Gasteiger partial charge in [0.2, 0.25) is 0 Å². The Morgan fingerprint density at radius 2 is 1.00 bits per heavy atom. The highest BCUT2D eigenvalue weighted by atomic mass is 35.5. The average molecular weight is 471 g/mol. The maximum absolute atomic E-state index is 12.9. The Hall–Kier alpha value is -2.82. The molecule has 0 fully saturated rings. The fourth-order valence-corrected chi connectivity index (χ4v) is 3.65. The van der Waals surface area contributed by atoms with Crippen LogP contribution in [0.3, 0.4) is 0 Å². The minimum Gasteiger partial charge on any atom is -0.453 e. The molecule has 6 heteroatoms. The summed E-state index contributed by atoms with van der Waals surface area (Å²) in [5.74, 6) is -1.13. The molecule has 2 unspecified atom stereocenters. The van der Waals surface area contributed by atoms with E-state index in [0.717, 1.165) is 22.3 Å². The SMILES string of the molecule is Cc1ccc(C(CCl)OC(=O)c2ccccc2C(=O)OC(CCl)c2ccc(C)cc2)cc1. The molecule has 0 saturated carbocycles. The fraction of sp³-hybridized carbons (Fsp3) is 0.231. The van der Waals surface area contributed by atoms with E-state index in [2.05, 4.69) is 0 Å². The van der Waals surface area contributed by atoms with Crippen molar-refractivity contribution in [1.29, 1.82) is 0 Å². The highest BCUT2D eigenvalue weighted by Crippen LogP contribution is 2.25. The number of rotatable bonds is 8. The molecule has 2 atom stereocenters. The minimum absolute atomic E-state index is 0.0865. The molecule has 0 N–H and O–H groups in total. The minimum atomic E-state index is -0.651. The molecule has 166 valence electrons. The van der Waals surface area contributed by atoms with Gasteiger partial charge in [0, 0.05) is 0 Å². The van der Waals surface area contributed by atoms with Gasteiger partial charge in [-0.05, 0) is 37.1 Å². The van der Waals surface area contributed by atoms with Gasteiger partial charge in [0.25, 0.3) is 0 Å². The summed E-state index contributed by atoms with van der Waals surface area (Å²) < 4.78 is 11.3. The maximum atomic E-state index is 12.9. The first-order valence-corrected chi connectivity index (χ1v) is 11.3. The van der Waals surface area contributed by atoms with E-state index in [0.29, 0.717) is 0 Å². The summed E-state index contributed by atoms with van der Waals surface area (Å²) in [6.07, 6.45) is -1.28. The van der Waals surface area contributed by atoms with E-state index < -0.39 is 24.1 Å². The van der Waals surface area contributed by atoms with Crippen LogP contribution in [0.4, 0.5) is 0 Å². The number of hydrogen-bond acceptors (Lipinski definition) is 4. The molecule has 0 bridgehead atoms. The molecule has 4 nitrogen and oxygen atoms in total. The Balaban J connectivity index is 1.79. The second kappa shape index (κ2) is 11.2. The van der Waals surface area contributed by atoms with Crippen molar-refractivity contribution in [2.24, 2.45) is 0 Å². The van der Waals surface area contributed by atoms with E-state index in [1.54, 1.807) is 12.1 Å². The molecule has 3 aromatic rings. The van der Waals surface area contributed by atoms with E-state index in [1.807, 2.05) is 62.4 Å². The van der Waals surface area contributed by atoms with E-state index >= 15 is 0 Å². The van der Waals surface area contributed by atoms with E-state index in [9.17, 15) is 9.59 Å². The molecule has 3 aromatic carbocycles. The van der Waals surface area contributed by atoms with Crippen molar-refractivity contribution in [3.05, 3.63) is 106 Å². The molecule has 0 heterocycles. The molecule has 32 heavy (non-hydrogen) atoms. The van der Waals surface area contributed by atoms with Crippen LogP contribution < -0.4 is 0 Å². The van der Waals surface area contributed by atoms with Gasteiger partial charge in [-0.25, -0.2) is 9.59 Å². The summed E-state index contributed by atoms with van der Waals surface area (Å²) in [5.41, 5.74) is 3.95. The number of benzene rings is 3. The number of alkyl halides is 2. The third-order valence-electron chi connectivity index (χ3n) is 5.04. The Labute approximate surface area is 198 Å². The zero-order valence-corrected chi connectivity index (χ0v) is 19.4. The van der Waals surface area contributed by atoms with Gasteiger partial charge in [0.05, 0.1) is 22.9 Å². The van der Waals surface area contributed by atoms with Crippen molar-refractivity contribution in [3.63, 3.8) is 0 Å². The summed E-state index contributed by atoms with van der Waals surface area (Å²) >= 11 is 12.1. The van der Waals surface area contributed by atoms with Gasteiger partial charge < -0.3 is 9.47 Å². The zero-order valence-electron chi connectivity index (χ0n) is 17.9. The van der Waals surface area contributed by atoms with E-state index in [-0.39, 0.29) is 22.9 Å². The van der Waals surface area contributed by atoms with Crippen LogP contribution in [0.15, 0.2) is 72.8 Å². The summed E-state index contributed by atoms with van der Waals surface area (Å²) in [6, 6.07) is 21.5. The van der Waals surface area contributed by atoms with Crippen molar-refractivity contribution < 1.29 is 19.1 Å². The number of carbonyl (C=O) groups is 2. The van der Waals surface area contributed by atoms with Crippen LogP contribution in [0, 0.1) is 13.8 Å². The van der Waals surface area contributed by atoms with E-state index in [1.165, 1.54) is 12.1 Å². The number of esters is 2. The van der Waals surface area contributed by atoms with Gasteiger partial charge in [-0.2, -0.15) is 0 Å². The molecule has 0 aromatic heterocycles. The van der Waals surface area contributed by atoms with Crippen molar-refractivity contribution in [2.75, 3.05) is 11.8 Å². The molecule has 0 aliphatic heterocycles. The molecular weight excluding hydrogens is 447 g/mol. The predicted octanol–water partition coefficient (Wildman–Crippen LogP) is 6.58. The Bertz CT molecular complexity index is 975. The Morgan fingerprint density at radius 1 is 0.656 bits per heavy atom. The van der Waals surface area contributed by atoms with Gasteiger partial charge >= 0.3 is 11.9 Å². The molecule has 0 spiro atoms. The van der Waals surface area contributed by atoms with Gasteiger partial charge in [0.1, 0.15) is 12.2 Å². The van der Waals surface area contributed by atoms with Crippen LogP contribution >= 0.6 is 23.2 Å². The molecule has 0 aliphatic rings. The lowest BCUT2D eigenvalue weighted by molar-refractivity contribution is 0.0296. The smallest absolute Gasteiger partial charge is 0.339 e. The number of aryl methyl sites for hydroxylation is 2.